The zero-order valence-electron chi connectivity index (χ0n) is 15.7. The number of carboxylic acid groups (broad SMARTS) is 1. The van der Waals surface area contributed by atoms with Crippen molar-refractivity contribution in [1.82, 2.24) is 20.0 Å². The second-order valence-electron chi connectivity index (χ2n) is 6.77. The second-order valence-corrected chi connectivity index (χ2v) is 6.77. The van der Waals surface area contributed by atoms with Crippen molar-refractivity contribution in [3.63, 3.8) is 0 Å². The number of carbonyl (C=O) groups is 1. The average Bonchev–Trinajstić information content (AvgIpc) is 3.03. The fraction of sp³-hybridized carbons (Fsp3) is 0.474. The average molecular weight is 374 g/mol. The lowest BCUT2D eigenvalue weighted by molar-refractivity contribution is 0.0979. The number of ether oxygens (including phenoxy) is 2. The molecule has 0 bridgehead atoms. The van der Waals surface area contributed by atoms with E-state index in [1.807, 2.05) is 16.8 Å². The van der Waals surface area contributed by atoms with Crippen LogP contribution in [-0.2, 0) is 31.0 Å². The molecular weight excluding hydrogens is 348 g/mol. The van der Waals surface area contributed by atoms with Crippen molar-refractivity contribution in [2.24, 2.45) is 0 Å². The number of benzene rings is 1. The Balaban J connectivity index is 1.50. The molecule has 1 aromatic heterocycles. The molecule has 27 heavy (non-hydrogen) atoms. The number of nitrogens with zero attached hydrogens (tertiary/aromatic N) is 3. The van der Waals surface area contributed by atoms with Crippen LogP contribution >= 0.6 is 0 Å². The Labute approximate surface area is 158 Å². The molecular formula is C19H26N4O4. The fourth-order valence-electron chi connectivity index (χ4n) is 3.17. The molecule has 0 spiro atoms. The molecule has 1 amide bonds. The van der Waals surface area contributed by atoms with E-state index in [4.69, 9.17) is 14.6 Å². The van der Waals surface area contributed by atoms with Gasteiger partial charge in [0.2, 0.25) is 0 Å². The van der Waals surface area contributed by atoms with E-state index in [0.717, 1.165) is 37.6 Å². The first-order valence-corrected chi connectivity index (χ1v) is 9.01. The van der Waals surface area contributed by atoms with Crippen LogP contribution < -0.4 is 10.1 Å². The lowest BCUT2D eigenvalue weighted by atomic mass is 10.2. The van der Waals surface area contributed by atoms with Gasteiger partial charge in [-0.25, -0.2) is 4.79 Å². The predicted molar refractivity (Wildman–Crippen MR) is 99.6 cm³/mol. The predicted octanol–water partition coefficient (Wildman–Crippen LogP) is 2.08. The van der Waals surface area contributed by atoms with Gasteiger partial charge >= 0.3 is 6.09 Å². The molecule has 0 saturated carbocycles. The molecule has 8 nitrogen and oxygen atoms in total. The van der Waals surface area contributed by atoms with Crippen molar-refractivity contribution < 1.29 is 19.4 Å². The summed E-state index contributed by atoms with van der Waals surface area (Å²) < 4.78 is 12.8. The van der Waals surface area contributed by atoms with Crippen LogP contribution in [0.5, 0.6) is 5.75 Å². The summed E-state index contributed by atoms with van der Waals surface area (Å²) in [6, 6.07) is 9.97. The number of hydrogen-bond acceptors (Lipinski definition) is 5. The quantitative estimate of drug-likeness (QED) is 0.735. The summed E-state index contributed by atoms with van der Waals surface area (Å²) in [5.41, 5.74) is 3.30. The van der Waals surface area contributed by atoms with Crippen LogP contribution in [0.3, 0.4) is 0 Å². The van der Waals surface area contributed by atoms with Gasteiger partial charge in [-0.1, -0.05) is 12.1 Å². The second kappa shape index (κ2) is 8.88. The van der Waals surface area contributed by atoms with Crippen LogP contribution in [0.2, 0.25) is 0 Å². The minimum Gasteiger partial charge on any atom is -0.497 e. The van der Waals surface area contributed by atoms with E-state index < -0.39 is 6.09 Å². The molecule has 2 N–H and O–H groups in total. The molecule has 0 unspecified atom stereocenters. The molecule has 2 aromatic rings. The van der Waals surface area contributed by atoms with E-state index in [2.05, 4.69) is 33.5 Å². The van der Waals surface area contributed by atoms with Crippen LogP contribution in [0.1, 0.15) is 23.9 Å². The number of rotatable bonds is 8. The Morgan fingerprint density at radius 2 is 2.11 bits per heavy atom. The van der Waals surface area contributed by atoms with Gasteiger partial charge in [0, 0.05) is 19.6 Å². The lowest BCUT2D eigenvalue weighted by Gasteiger charge is -2.27. The molecule has 0 radical (unpaired) electrons. The summed E-state index contributed by atoms with van der Waals surface area (Å²) >= 11 is 0. The number of methoxy groups -OCH3 is 1. The molecule has 1 aliphatic heterocycles. The van der Waals surface area contributed by atoms with Crippen molar-refractivity contribution in [1.29, 1.82) is 0 Å². The monoisotopic (exact) mass is 374 g/mol. The Morgan fingerprint density at radius 1 is 1.33 bits per heavy atom. The van der Waals surface area contributed by atoms with E-state index in [1.54, 1.807) is 14.0 Å². The summed E-state index contributed by atoms with van der Waals surface area (Å²) in [6.45, 7) is 5.99. The molecule has 8 heteroatoms. The molecule has 1 aliphatic rings. The Bertz CT molecular complexity index is 760. The molecule has 1 atom stereocenters. The summed E-state index contributed by atoms with van der Waals surface area (Å²) in [5.74, 6) is 0.869. The minimum atomic E-state index is -1.04. The van der Waals surface area contributed by atoms with Gasteiger partial charge in [0.25, 0.3) is 0 Å². The highest BCUT2D eigenvalue weighted by molar-refractivity contribution is 5.64. The van der Waals surface area contributed by atoms with Crippen LogP contribution in [-0.4, -0.2) is 52.2 Å². The third kappa shape index (κ3) is 5.45. The van der Waals surface area contributed by atoms with Gasteiger partial charge < -0.3 is 19.9 Å². The Morgan fingerprint density at radius 3 is 2.81 bits per heavy atom. The maximum Gasteiger partial charge on any atom is 0.404 e. The number of fused-ring (bicyclic) bond motifs is 1. The fourth-order valence-corrected chi connectivity index (χ4v) is 3.17. The first-order chi connectivity index (χ1) is 13.0. The Hall–Kier alpha value is -2.58. The van der Waals surface area contributed by atoms with Crippen LogP contribution in [0.4, 0.5) is 4.79 Å². The molecule has 2 heterocycles. The SMILES string of the molecule is COc1ccc(CN2CCn3nc(COC[C@H](C)NC(=O)O)cc3C2)cc1. The number of amides is 1. The smallest absolute Gasteiger partial charge is 0.404 e. The van der Waals surface area contributed by atoms with Gasteiger partial charge in [-0.15, -0.1) is 0 Å². The van der Waals surface area contributed by atoms with E-state index in [9.17, 15) is 4.79 Å². The largest absolute Gasteiger partial charge is 0.497 e. The number of aromatic nitrogens is 2. The van der Waals surface area contributed by atoms with Crippen LogP contribution in [0.25, 0.3) is 0 Å². The number of nitrogens with one attached hydrogen (secondary N) is 1. The standard InChI is InChI=1S/C19H26N4O4/c1-14(20-19(24)25)12-27-13-16-9-17-11-22(7-8-23(17)21-16)10-15-3-5-18(26-2)6-4-15/h3-6,9,14,20H,7-8,10-13H2,1-2H3,(H,24,25)/t14-/m0/s1. The van der Waals surface area contributed by atoms with E-state index in [-0.39, 0.29) is 6.04 Å². The lowest BCUT2D eigenvalue weighted by Crippen LogP contribution is -2.34. The summed E-state index contributed by atoms with van der Waals surface area (Å²) in [6.07, 6.45) is -1.04. The summed E-state index contributed by atoms with van der Waals surface area (Å²) in [5, 5.41) is 15.6. The zero-order valence-corrected chi connectivity index (χ0v) is 15.7. The maximum absolute atomic E-state index is 10.6. The molecule has 0 saturated heterocycles. The molecule has 0 aliphatic carbocycles. The maximum atomic E-state index is 10.6. The Kier molecular flexibility index (Phi) is 6.31. The van der Waals surface area contributed by atoms with Crippen molar-refractivity contribution in [3.8, 4) is 5.75 Å². The van der Waals surface area contributed by atoms with Crippen LogP contribution in [0, 0.1) is 0 Å². The zero-order chi connectivity index (χ0) is 19.2. The first-order valence-electron chi connectivity index (χ1n) is 9.01. The van der Waals surface area contributed by atoms with Crippen molar-refractivity contribution in [2.45, 2.75) is 39.2 Å². The third-order valence-corrected chi connectivity index (χ3v) is 4.48. The van der Waals surface area contributed by atoms with Gasteiger partial charge in [-0.2, -0.15) is 5.10 Å². The van der Waals surface area contributed by atoms with Gasteiger partial charge in [0.1, 0.15) is 5.75 Å². The highest BCUT2D eigenvalue weighted by Crippen LogP contribution is 2.18. The van der Waals surface area contributed by atoms with E-state index in [0.29, 0.717) is 13.2 Å². The normalized spacial score (nSPS) is 15.2. The third-order valence-electron chi connectivity index (χ3n) is 4.48. The number of hydrogen-bond donors (Lipinski definition) is 2. The molecule has 146 valence electrons. The first kappa shape index (κ1) is 19.2. The van der Waals surface area contributed by atoms with Crippen molar-refractivity contribution in [2.75, 3.05) is 20.3 Å². The van der Waals surface area contributed by atoms with Gasteiger partial charge in [-0.05, 0) is 30.7 Å². The van der Waals surface area contributed by atoms with Gasteiger partial charge in [0.15, 0.2) is 0 Å². The highest BCUT2D eigenvalue weighted by Gasteiger charge is 2.18. The highest BCUT2D eigenvalue weighted by atomic mass is 16.5. The summed E-state index contributed by atoms with van der Waals surface area (Å²) in [4.78, 5) is 13.0. The molecule has 1 aromatic carbocycles. The van der Waals surface area contributed by atoms with E-state index in [1.165, 1.54) is 11.3 Å². The van der Waals surface area contributed by atoms with Crippen LogP contribution in [0.15, 0.2) is 30.3 Å². The van der Waals surface area contributed by atoms with E-state index >= 15 is 0 Å². The van der Waals surface area contributed by atoms with Crippen molar-refractivity contribution >= 4 is 6.09 Å². The topological polar surface area (TPSA) is 88.9 Å². The summed E-state index contributed by atoms with van der Waals surface area (Å²) in [7, 11) is 1.67. The molecule has 0 fully saturated rings. The molecule has 3 rings (SSSR count). The van der Waals surface area contributed by atoms with Gasteiger partial charge in [0.05, 0.1) is 44.3 Å². The van der Waals surface area contributed by atoms with Gasteiger partial charge in [-0.3, -0.25) is 9.58 Å². The van der Waals surface area contributed by atoms with Crippen molar-refractivity contribution in [3.05, 3.63) is 47.3 Å². The minimum absolute atomic E-state index is 0.250.